The number of hydrogen-bond acceptors (Lipinski definition) is 5. The molecule has 2 aliphatic rings. The molecule has 2 aliphatic heterocycles. The van der Waals surface area contributed by atoms with Crippen molar-refractivity contribution in [2.24, 2.45) is 0 Å². The van der Waals surface area contributed by atoms with Crippen molar-refractivity contribution in [3.8, 4) is 0 Å². The first-order chi connectivity index (χ1) is 17.0. The van der Waals surface area contributed by atoms with E-state index in [0.29, 0.717) is 21.3 Å². The van der Waals surface area contributed by atoms with Gasteiger partial charge in [-0.15, -0.1) is 0 Å². The fourth-order valence-corrected chi connectivity index (χ4v) is 6.09. The number of halogens is 1. The molecule has 3 aromatic rings. The van der Waals surface area contributed by atoms with E-state index >= 15 is 0 Å². The van der Waals surface area contributed by atoms with Gasteiger partial charge in [-0.1, -0.05) is 54.3 Å². The number of amides is 1. The fourth-order valence-electron chi connectivity index (χ4n) is 4.85. The van der Waals surface area contributed by atoms with Gasteiger partial charge in [-0.3, -0.25) is 14.5 Å². The topological polar surface area (TPSA) is 45.6 Å². The predicted octanol–water partition coefficient (Wildman–Crippen LogP) is 5.55. The number of nitrogens with zero attached hydrogens (tertiary/aromatic N) is 3. The summed E-state index contributed by atoms with van der Waals surface area (Å²) in [4.78, 5) is 31.3. The first kappa shape index (κ1) is 23.8. The lowest BCUT2D eigenvalue weighted by Crippen LogP contribution is -2.33. The molecule has 0 atom stereocenters. The molecule has 5 rings (SSSR count). The van der Waals surface area contributed by atoms with E-state index in [4.69, 9.17) is 12.2 Å². The van der Waals surface area contributed by atoms with E-state index in [9.17, 15) is 14.0 Å². The Labute approximate surface area is 213 Å². The summed E-state index contributed by atoms with van der Waals surface area (Å²) in [7, 11) is 0. The molecule has 3 heterocycles. The minimum atomic E-state index is -0.326. The number of rotatable bonds is 5. The van der Waals surface area contributed by atoms with Crippen LogP contribution in [0.3, 0.4) is 0 Å². The first-order valence-electron chi connectivity index (χ1n) is 11.9. The predicted molar refractivity (Wildman–Crippen MR) is 145 cm³/mol. The summed E-state index contributed by atoms with van der Waals surface area (Å²) in [6.07, 6.45) is 5.06. The highest BCUT2D eigenvalue weighted by molar-refractivity contribution is 8.26. The summed E-state index contributed by atoms with van der Waals surface area (Å²) >= 11 is 6.72. The van der Waals surface area contributed by atoms with Crippen LogP contribution >= 0.6 is 24.0 Å². The third-order valence-electron chi connectivity index (χ3n) is 6.57. The Kier molecular flexibility index (Phi) is 6.75. The molecule has 0 radical (unpaired) electrons. The maximum Gasteiger partial charge on any atom is 0.266 e. The highest BCUT2D eigenvalue weighted by Gasteiger charge is 2.33. The number of aromatic nitrogens is 1. The number of thioether (sulfide) groups is 1. The molecule has 0 aliphatic carbocycles. The summed E-state index contributed by atoms with van der Waals surface area (Å²) < 4.78 is 15.5. The average Bonchev–Trinajstić information content (AvgIpc) is 3.13. The van der Waals surface area contributed by atoms with Gasteiger partial charge in [-0.2, -0.15) is 0 Å². The van der Waals surface area contributed by atoms with Crippen LogP contribution < -0.4 is 10.5 Å². The van der Waals surface area contributed by atoms with Crippen LogP contribution in [0.1, 0.15) is 37.3 Å². The van der Waals surface area contributed by atoms with Gasteiger partial charge in [0.1, 0.15) is 10.1 Å². The highest BCUT2D eigenvalue weighted by atomic mass is 32.2. The lowest BCUT2D eigenvalue weighted by atomic mass is 10.0. The second kappa shape index (κ2) is 9.95. The number of thiocarbonyl (C=S) groups is 1. The number of carbonyl (C=O) groups excluding carboxylic acids is 1. The van der Waals surface area contributed by atoms with E-state index in [-0.39, 0.29) is 23.8 Å². The third-order valence-corrected chi connectivity index (χ3v) is 7.95. The van der Waals surface area contributed by atoms with Gasteiger partial charge in [0.05, 0.1) is 28.2 Å². The lowest BCUT2D eigenvalue weighted by Gasteiger charge is -2.31. The average molecular weight is 508 g/mol. The molecule has 5 nitrogen and oxygen atoms in total. The molecule has 35 heavy (non-hydrogen) atoms. The number of piperidine rings is 1. The van der Waals surface area contributed by atoms with Crippen LogP contribution in [0.15, 0.2) is 58.2 Å². The van der Waals surface area contributed by atoms with Crippen molar-refractivity contribution in [2.75, 3.05) is 18.0 Å². The quantitative estimate of drug-likeness (QED) is 0.335. The molecule has 1 amide bonds. The normalized spacial score (nSPS) is 17.7. The Hall–Kier alpha value is -2.97. The van der Waals surface area contributed by atoms with E-state index in [2.05, 4.69) is 11.0 Å². The number of aryl methyl sites for hydroxylation is 1. The molecule has 0 spiro atoms. The van der Waals surface area contributed by atoms with Crippen LogP contribution in [0.5, 0.6) is 0 Å². The Morgan fingerprint density at radius 2 is 1.74 bits per heavy atom. The van der Waals surface area contributed by atoms with Crippen LogP contribution in [-0.4, -0.2) is 32.8 Å². The van der Waals surface area contributed by atoms with Crippen molar-refractivity contribution >= 4 is 56.9 Å². The van der Waals surface area contributed by atoms with E-state index in [1.165, 1.54) is 35.2 Å². The van der Waals surface area contributed by atoms with Crippen molar-refractivity contribution in [3.05, 3.63) is 80.7 Å². The zero-order valence-electron chi connectivity index (χ0n) is 19.5. The summed E-state index contributed by atoms with van der Waals surface area (Å²) in [6.45, 7) is 4.52. The number of fused-ring (bicyclic) bond motifs is 1. The van der Waals surface area contributed by atoms with Crippen LogP contribution in [0.4, 0.5) is 10.1 Å². The molecule has 2 fully saturated rings. The minimum Gasteiger partial charge on any atom is -0.370 e. The van der Waals surface area contributed by atoms with Gasteiger partial charge in [0.2, 0.25) is 0 Å². The molecule has 2 saturated heterocycles. The number of pyridine rings is 1. The molecule has 0 saturated carbocycles. The molecule has 0 bridgehead atoms. The molecule has 0 unspecified atom stereocenters. The molecular formula is C27H26FN3O2S2. The van der Waals surface area contributed by atoms with Gasteiger partial charge in [0.25, 0.3) is 11.5 Å². The third kappa shape index (κ3) is 4.52. The van der Waals surface area contributed by atoms with Crippen molar-refractivity contribution < 1.29 is 9.18 Å². The van der Waals surface area contributed by atoms with Crippen molar-refractivity contribution in [1.82, 2.24) is 9.47 Å². The molecule has 2 aromatic carbocycles. The maximum atomic E-state index is 13.7. The van der Waals surface area contributed by atoms with Crippen molar-refractivity contribution in [2.45, 2.75) is 39.3 Å². The molecular weight excluding hydrogens is 481 g/mol. The van der Waals surface area contributed by atoms with Crippen LogP contribution in [0.25, 0.3) is 17.0 Å². The standard InChI is InChI=1S/C27H26FN3O2S2/c1-2-30-22-9-5-4-8-20(22)24(29-14-6-3-7-15-29)21(25(30)32)16-23-26(33)31(27(34)35-23)17-18-10-12-19(28)13-11-18/h4-5,8-13,16H,2-3,6-7,14-15,17H2,1H3. The van der Waals surface area contributed by atoms with Crippen LogP contribution in [-0.2, 0) is 17.9 Å². The maximum absolute atomic E-state index is 13.7. The second-order valence-electron chi connectivity index (χ2n) is 8.77. The van der Waals surface area contributed by atoms with Gasteiger partial charge in [0.15, 0.2) is 0 Å². The molecule has 8 heteroatoms. The number of benzene rings is 2. The molecule has 1 aromatic heterocycles. The van der Waals surface area contributed by atoms with Crippen molar-refractivity contribution in [3.63, 3.8) is 0 Å². The Bertz CT molecular complexity index is 1390. The number of hydrogen-bond donors (Lipinski definition) is 0. The van der Waals surface area contributed by atoms with Gasteiger partial charge in [-0.05, 0) is 56.0 Å². The van der Waals surface area contributed by atoms with Gasteiger partial charge < -0.3 is 9.47 Å². The summed E-state index contributed by atoms with van der Waals surface area (Å²) in [5.41, 5.74) is 3.03. The Balaban J connectivity index is 1.61. The highest BCUT2D eigenvalue weighted by Crippen LogP contribution is 2.37. The molecule has 0 N–H and O–H groups in total. The van der Waals surface area contributed by atoms with E-state index < -0.39 is 0 Å². The lowest BCUT2D eigenvalue weighted by molar-refractivity contribution is -0.122. The largest absolute Gasteiger partial charge is 0.370 e. The molecule has 180 valence electrons. The number of anilines is 1. The minimum absolute atomic E-state index is 0.101. The summed E-state index contributed by atoms with van der Waals surface area (Å²) in [5.74, 6) is -0.558. The monoisotopic (exact) mass is 507 g/mol. The van der Waals surface area contributed by atoms with Gasteiger partial charge in [0, 0.05) is 25.0 Å². The fraction of sp³-hybridized carbons (Fsp3) is 0.296. The Morgan fingerprint density at radius 3 is 2.46 bits per heavy atom. The van der Waals surface area contributed by atoms with E-state index in [1.54, 1.807) is 22.8 Å². The van der Waals surface area contributed by atoms with Crippen molar-refractivity contribution in [1.29, 1.82) is 0 Å². The van der Waals surface area contributed by atoms with Gasteiger partial charge in [-0.25, -0.2) is 4.39 Å². The number of carbonyl (C=O) groups is 1. The number of para-hydroxylation sites is 1. The van der Waals surface area contributed by atoms with E-state index in [0.717, 1.165) is 48.1 Å². The van der Waals surface area contributed by atoms with Gasteiger partial charge >= 0.3 is 0 Å². The first-order valence-corrected chi connectivity index (χ1v) is 13.1. The SMILES string of the molecule is CCn1c(=O)c(C=C2SC(=S)N(Cc3ccc(F)cc3)C2=O)c(N2CCCCC2)c2ccccc21. The van der Waals surface area contributed by atoms with E-state index in [1.807, 2.05) is 25.1 Å². The Morgan fingerprint density at radius 1 is 1.03 bits per heavy atom. The second-order valence-corrected chi connectivity index (χ2v) is 10.4. The zero-order valence-corrected chi connectivity index (χ0v) is 21.1. The van der Waals surface area contributed by atoms with Crippen LogP contribution in [0.2, 0.25) is 0 Å². The van der Waals surface area contributed by atoms with Crippen LogP contribution in [0, 0.1) is 5.82 Å². The summed E-state index contributed by atoms with van der Waals surface area (Å²) in [5, 5.41) is 1.02. The smallest absolute Gasteiger partial charge is 0.266 e. The zero-order chi connectivity index (χ0) is 24.5. The summed E-state index contributed by atoms with van der Waals surface area (Å²) in [6, 6.07) is 14.0.